The van der Waals surface area contributed by atoms with E-state index in [1.54, 1.807) is 40.2 Å². The first-order valence-corrected chi connectivity index (χ1v) is 23.5. The lowest BCUT2D eigenvalue weighted by molar-refractivity contribution is -0.695. The molecule has 0 radical (unpaired) electrons. The summed E-state index contributed by atoms with van der Waals surface area (Å²) < 4.78 is 45.7. The van der Waals surface area contributed by atoms with Gasteiger partial charge in [-0.2, -0.15) is 11.4 Å². The van der Waals surface area contributed by atoms with Crippen molar-refractivity contribution in [1.29, 1.82) is 0 Å². The number of nitrogens with two attached hydrogens (primary N) is 6. The van der Waals surface area contributed by atoms with Crippen LogP contribution in [0.25, 0.3) is 0 Å². The van der Waals surface area contributed by atoms with Gasteiger partial charge in [0, 0.05) is 24.5 Å². The van der Waals surface area contributed by atoms with Crippen LogP contribution in [0.15, 0.2) is 5.22 Å². The second-order valence-corrected chi connectivity index (χ2v) is 19.9. The van der Waals surface area contributed by atoms with Crippen LogP contribution in [0.5, 0.6) is 0 Å². The summed E-state index contributed by atoms with van der Waals surface area (Å²) in [5, 5.41) is 133. The number of nitrogens with zero attached hydrogens (tertiary/aromatic N) is 1. The molecule has 6 aliphatic rings. The molecule has 6 rings (SSSR count). The van der Waals surface area contributed by atoms with Gasteiger partial charge in [-0.05, 0) is 47.6 Å². The fraction of sp³-hybridized carbons (Fsp3) is 1.00. The molecule has 30 nitrogen and oxygen atoms in total. The van der Waals surface area contributed by atoms with Crippen molar-refractivity contribution in [3.63, 3.8) is 0 Å². The molecule has 29 atom stereocenters. The molecular formula is C40H86N10O20+4. The number of ether oxygens (including phenoxy) is 8. The Hall–Kier alpha value is -1.68. The predicted octanol–water partition coefficient (Wildman–Crippen LogP) is -14.6. The van der Waals surface area contributed by atoms with E-state index in [1.165, 1.54) is 6.92 Å². The summed E-state index contributed by atoms with van der Waals surface area (Å²) in [5.74, 6) is 4.25. The highest BCUT2D eigenvalue weighted by Crippen LogP contribution is 2.34. The third-order valence-corrected chi connectivity index (χ3v) is 13.9. The van der Waals surface area contributed by atoms with E-state index in [1.807, 2.05) is 0 Å². The maximum absolute atomic E-state index is 11.0. The van der Waals surface area contributed by atoms with Crippen LogP contribution in [0.4, 0.5) is 0 Å². The molecule has 0 spiro atoms. The number of aliphatic hydroxyl groups is 12. The third-order valence-electron chi connectivity index (χ3n) is 13.9. The summed E-state index contributed by atoms with van der Waals surface area (Å²) in [6.45, 7) is 6.15. The highest BCUT2D eigenvalue weighted by Gasteiger charge is 2.55. The first-order valence-electron chi connectivity index (χ1n) is 23.5. The van der Waals surface area contributed by atoms with Crippen LogP contribution in [-0.4, -0.2) is 265 Å². The molecule has 70 heavy (non-hydrogen) atoms. The second-order valence-electron chi connectivity index (χ2n) is 19.9. The molecule has 4 saturated heterocycles. The van der Waals surface area contributed by atoms with Crippen molar-refractivity contribution < 1.29 is 121 Å². The van der Waals surface area contributed by atoms with E-state index in [2.05, 4.69) is 33.4 Å². The van der Waals surface area contributed by atoms with Gasteiger partial charge in [0.25, 0.3) is 0 Å². The Morgan fingerprint density at radius 2 is 1.13 bits per heavy atom. The monoisotopic (exact) mass is 1030 g/mol. The molecule has 30 heteroatoms. The Morgan fingerprint density at radius 1 is 0.671 bits per heavy atom. The van der Waals surface area contributed by atoms with Gasteiger partial charge >= 0.3 is 0 Å². The van der Waals surface area contributed by atoms with Gasteiger partial charge in [0.05, 0.1) is 37.6 Å². The Bertz CT molecular complexity index is 1590. The number of likely N-dealkylation sites (N-methyl/N-ethyl adjacent to an activating group) is 2. The minimum atomic E-state index is -1.64. The van der Waals surface area contributed by atoms with E-state index in [4.69, 9.17) is 55.1 Å². The fourth-order valence-electron chi connectivity index (χ4n) is 9.92. The fourth-order valence-corrected chi connectivity index (χ4v) is 9.92. The number of quaternary nitrogens is 3. The standard InChI is InChI=1S/C20H40N4O10.C20H39N3O10.H3N3/c1-6(21)14-10(26)9(25)11(27)19(32-14)34-16-8(23)4-7(22)15(12(16)28)33-18-13(29)17(24-3)20(2,30)5-31-18;1-7(21)15-12(26)11(25)13(27)19(32-15)31-9-5-4-8(22)16(10(9)24)33-18-14(28)17(23-3)20(2,29)6-30-18;1-3-2/h6-19,24-30H,4-5,21-23H2,1-3H3;7-19,23-29H,4-6,21-22H2,1-3H3;(H3,1,2)/p+4/t6?,7-,8+,9+,10+,11-,12-,13-,14-,15+,16-,17-,18-,19-,20+;7?,8-,9-,10+,11+,12+,13-,14-,15-,16+,17-,18-,19+,20+;/m11./s1. The average Bonchev–Trinajstić information content (AvgIpc) is 3.27. The van der Waals surface area contributed by atoms with Crippen molar-refractivity contribution in [3.05, 3.63) is 0 Å². The maximum atomic E-state index is 11.0. The molecule has 0 aromatic rings. The molecule has 6 fully saturated rings. The molecule has 2 saturated carbocycles. The Labute approximate surface area is 405 Å². The molecule has 2 aliphatic carbocycles. The summed E-state index contributed by atoms with van der Waals surface area (Å²) in [5.41, 5.74) is 27.6. The number of rotatable bonds is 12. The molecule has 412 valence electrons. The summed E-state index contributed by atoms with van der Waals surface area (Å²) in [6.07, 6.45) is -23.9. The van der Waals surface area contributed by atoms with Gasteiger partial charge in [0.2, 0.25) is 0 Å². The van der Waals surface area contributed by atoms with Crippen molar-refractivity contribution in [2.24, 2.45) is 28.3 Å². The molecule has 4 heterocycles. The molecular weight excluding hydrogens is 940 g/mol. The largest absolute Gasteiger partial charge is 0.388 e. The summed E-state index contributed by atoms with van der Waals surface area (Å²) in [7, 11) is 3.31. The second kappa shape index (κ2) is 25.7. The molecule has 0 bridgehead atoms. The average molecular weight is 1030 g/mol. The van der Waals surface area contributed by atoms with Crippen molar-refractivity contribution in [2.45, 2.75) is 223 Å². The van der Waals surface area contributed by atoms with Crippen LogP contribution in [0.2, 0.25) is 0 Å². The van der Waals surface area contributed by atoms with E-state index < -0.39 is 170 Å². The van der Waals surface area contributed by atoms with Crippen molar-refractivity contribution in [3.8, 4) is 0 Å². The Kier molecular flexibility index (Phi) is 22.4. The quantitative estimate of drug-likeness (QED) is 0.0490. The zero-order valence-corrected chi connectivity index (χ0v) is 40.6. The van der Waals surface area contributed by atoms with E-state index in [9.17, 15) is 61.3 Å². The molecule has 4 aliphatic heterocycles. The lowest BCUT2D eigenvalue weighted by atomic mass is 9.84. The maximum Gasteiger partial charge on any atom is 0.190 e. The van der Waals surface area contributed by atoms with Crippen LogP contribution in [0.3, 0.4) is 0 Å². The molecule has 2 unspecified atom stereocenters. The van der Waals surface area contributed by atoms with E-state index in [-0.39, 0.29) is 25.7 Å². The van der Waals surface area contributed by atoms with Gasteiger partial charge in [0.1, 0.15) is 115 Å². The molecule has 31 N–H and O–H groups in total. The zero-order valence-electron chi connectivity index (χ0n) is 40.6. The summed E-state index contributed by atoms with van der Waals surface area (Å²) in [4.78, 5) is 0. The van der Waals surface area contributed by atoms with Gasteiger partial charge in [-0.1, -0.05) is 0 Å². The van der Waals surface area contributed by atoms with E-state index in [0.29, 0.717) is 12.8 Å². The highest BCUT2D eigenvalue weighted by molar-refractivity contribution is 5.03. The van der Waals surface area contributed by atoms with Gasteiger partial charge in [-0.15, -0.1) is 0 Å². The number of hydrogen-bond donors (Lipinski definition) is 21. The van der Waals surface area contributed by atoms with Crippen LogP contribution in [0, 0.1) is 0 Å². The minimum Gasteiger partial charge on any atom is -0.388 e. The Morgan fingerprint density at radius 3 is 1.63 bits per heavy atom. The van der Waals surface area contributed by atoms with Gasteiger partial charge in [-0.25, -0.2) is 0 Å². The van der Waals surface area contributed by atoms with Gasteiger partial charge < -0.3 is 138 Å². The van der Waals surface area contributed by atoms with Crippen molar-refractivity contribution >= 4 is 0 Å². The number of nitrogens with one attached hydrogen (secondary N) is 1. The zero-order chi connectivity index (χ0) is 52.9. The molecule has 0 amide bonds. The van der Waals surface area contributed by atoms with Crippen LogP contribution >= 0.6 is 0 Å². The molecule has 0 aromatic carbocycles. The first kappa shape index (κ1) is 60.9. The van der Waals surface area contributed by atoms with Crippen molar-refractivity contribution in [1.82, 2.24) is 5.32 Å². The van der Waals surface area contributed by atoms with E-state index >= 15 is 0 Å². The predicted molar refractivity (Wildman–Crippen MR) is 233 cm³/mol. The van der Waals surface area contributed by atoms with Gasteiger partial charge in [0.15, 0.2) is 31.3 Å². The number of hydrogen-bond acceptors (Lipinski definition) is 25. The summed E-state index contributed by atoms with van der Waals surface area (Å²) >= 11 is 0. The topological polar surface area (TPSA) is 543 Å². The minimum absolute atomic E-state index is 0.0543. The smallest absolute Gasteiger partial charge is 0.190 e. The lowest BCUT2D eigenvalue weighted by Gasteiger charge is -2.49. The normalized spacial score (nSPS) is 50.9. The number of aliphatic hydroxyl groups excluding tert-OH is 10. The van der Waals surface area contributed by atoms with Crippen LogP contribution < -0.4 is 50.7 Å². The Balaban J connectivity index is 0.000000288. The lowest BCUT2D eigenvalue weighted by Crippen LogP contribution is -2.96. The van der Waals surface area contributed by atoms with Crippen LogP contribution in [0.1, 0.15) is 47.0 Å². The molecule has 0 aromatic heterocycles. The third kappa shape index (κ3) is 13.8. The van der Waals surface area contributed by atoms with Crippen LogP contribution in [-0.2, 0) is 37.9 Å². The SMILES string of the molecule is CN[C@@H]1[C@@H](O)[C@@H](O[C@@H]2[C@@H](O)[C@H](O[C@H]3O[C@H](C(C)N)[C@@H](O)[C@H](O)[C@H]3O)[C@@H](N)C[C@H]2N)OC[C@]1(C)O.C[NH2+][C@@H]1[C@@H](O)[C@@H](O[C@@H]2[C@@H](O)[C@H](O[C@H]3O[C@H](C(C)[NH3+])[C@@H](O)[C@H](O)[C@H]3O)CC[C@H]2[NH3+])OC[C@]1(C)O.NN=[NH2+]. The van der Waals surface area contributed by atoms with Crippen molar-refractivity contribution in [2.75, 3.05) is 27.3 Å². The van der Waals surface area contributed by atoms with E-state index in [0.717, 1.165) is 0 Å². The summed E-state index contributed by atoms with van der Waals surface area (Å²) in [6, 6.07) is -4.33. The van der Waals surface area contributed by atoms with Gasteiger partial charge in [-0.3, -0.25) is 0 Å². The highest BCUT2D eigenvalue weighted by atomic mass is 16.7. The first-order chi connectivity index (χ1) is 32.6.